The summed E-state index contributed by atoms with van der Waals surface area (Å²) in [6.45, 7) is 0. The molecule has 0 spiro atoms. The Labute approximate surface area is 89.5 Å². The number of nitrogens with zero attached hydrogens (tertiary/aromatic N) is 1. The zero-order valence-corrected chi connectivity index (χ0v) is 8.73. The zero-order chi connectivity index (χ0) is 10.8. The average Bonchev–Trinajstić information content (AvgIpc) is 2.26. The van der Waals surface area contributed by atoms with Crippen molar-refractivity contribution < 1.29 is 4.74 Å². The minimum atomic E-state index is 0.198. The van der Waals surface area contributed by atoms with E-state index in [1.54, 1.807) is 7.11 Å². The second kappa shape index (κ2) is 3.92. The van der Waals surface area contributed by atoms with Gasteiger partial charge in [-0.1, -0.05) is 12.1 Å². The SMILES string of the molecule is COc1cccc(C2CCC2N)c1C#N. The lowest BCUT2D eigenvalue weighted by atomic mass is 9.74. The number of benzene rings is 1. The highest BCUT2D eigenvalue weighted by molar-refractivity contribution is 5.51. The fourth-order valence-corrected chi connectivity index (χ4v) is 2.06. The van der Waals surface area contributed by atoms with Gasteiger partial charge in [-0.2, -0.15) is 5.26 Å². The highest BCUT2D eigenvalue weighted by Gasteiger charge is 2.31. The standard InChI is InChI=1S/C12H14N2O/c1-15-12-4-2-3-8(10(12)7-13)9-5-6-11(9)14/h2-4,9,11H,5-6,14H2,1H3. The van der Waals surface area contributed by atoms with Crippen molar-refractivity contribution in [2.45, 2.75) is 24.8 Å². The summed E-state index contributed by atoms with van der Waals surface area (Å²) in [5.74, 6) is 0.976. The summed E-state index contributed by atoms with van der Waals surface area (Å²) in [5.41, 5.74) is 7.60. The summed E-state index contributed by atoms with van der Waals surface area (Å²) >= 11 is 0. The van der Waals surface area contributed by atoms with E-state index in [0.29, 0.717) is 17.2 Å². The van der Waals surface area contributed by atoms with Crippen LogP contribution in [0.1, 0.15) is 29.9 Å². The molecule has 3 heteroatoms. The Morgan fingerprint density at radius 3 is 2.73 bits per heavy atom. The molecule has 0 amide bonds. The molecule has 0 aromatic heterocycles. The van der Waals surface area contributed by atoms with Gasteiger partial charge < -0.3 is 10.5 Å². The van der Waals surface area contributed by atoms with Crippen molar-refractivity contribution in [3.05, 3.63) is 29.3 Å². The van der Waals surface area contributed by atoms with Gasteiger partial charge in [0.2, 0.25) is 0 Å². The smallest absolute Gasteiger partial charge is 0.136 e. The molecule has 0 aliphatic heterocycles. The van der Waals surface area contributed by atoms with E-state index < -0.39 is 0 Å². The molecule has 2 atom stereocenters. The summed E-state index contributed by atoms with van der Waals surface area (Å²) in [5, 5.41) is 9.11. The molecule has 2 rings (SSSR count). The molecule has 3 nitrogen and oxygen atoms in total. The Balaban J connectivity index is 2.43. The van der Waals surface area contributed by atoms with Crippen LogP contribution < -0.4 is 10.5 Å². The van der Waals surface area contributed by atoms with Crippen LogP contribution in [-0.4, -0.2) is 13.2 Å². The number of hydrogen-bond donors (Lipinski definition) is 1. The first-order chi connectivity index (χ1) is 7.27. The third kappa shape index (κ3) is 1.57. The van der Waals surface area contributed by atoms with Crippen molar-refractivity contribution in [2.24, 2.45) is 5.73 Å². The van der Waals surface area contributed by atoms with E-state index in [-0.39, 0.29) is 6.04 Å². The molecule has 0 radical (unpaired) electrons. The second-order valence-corrected chi connectivity index (χ2v) is 3.88. The fraction of sp³-hybridized carbons (Fsp3) is 0.417. The van der Waals surface area contributed by atoms with E-state index in [4.69, 9.17) is 15.7 Å². The van der Waals surface area contributed by atoms with Crippen LogP contribution in [-0.2, 0) is 0 Å². The Hall–Kier alpha value is -1.53. The lowest BCUT2D eigenvalue weighted by Crippen LogP contribution is -2.37. The van der Waals surface area contributed by atoms with E-state index >= 15 is 0 Å². The van der Waals surface area contributed by atoms with Gasteiger partial charge in [0.15, 0.2) is 0 Å². The molecule has 0 saturated heterocycles. The molecule has 78 valence electrons. The summed E-state index contributed by atoms with van der Waals surface area (Å²) in [4.78, 5) is 0. The molecular weight excluding hydrogens is 188 g/mol. The lowest BCUT2D eigenvalue weighted by molar-refractivity contribution is 0.344. The maximum Gasteiger partial charge on any atom is 0.136 e. The Morgan fingerprint density at radius 2 is 2.27 bits per heavy atom. The first kappa shape index (κ1) is 10.0. The van der Waals surface area contributed by atoms with Gasteiger partial charge >= 0.3 is 0 Å². The molecule has 1 aliphatic carbocycles. The number of nitriles is 1. The Kier molecular flexibility index (Phi) is 2.61. The van der Waals surface area contributed by atoms with Crippen molar-refractivity contribution >= 4 is 0 Å². The molecule has 0 bridgehead atoms. The number of ether oxygens (including phenoxy) is 1. The van der Waals surface area contributed by atoms with E-state index in [2.05, 4.69) is 6.07 Å². The van der Waals surface area contributed by atoms with Crippen molar-refractivity contribution in [1.82, 2.24) is 0 Å². The average molecular weight is 202 g/mol. The molecule has 1 aromatic rings. The Morgan fingerprint density at radius 1 is 1.47 bits per heavy atom. The van der Waals surface area contributed by atoms with Gasteiger partial charge in [-0.05, 0) is 24.5 Å². The first-order valence-electron chi connectivity index (χ1n) is 5.10. The topological polar surface area (TPSA) is 59.0 Å². The minimum Gasteiger partial charge on any atom is -0.495 e. The molecule has 1 aliphatic rings. The summed E-state index contributed by atoms with van der Waals surface area (Å²) in [6, 6.07) is 8.11. The van der Waals surface area contributed by atoms with Crippen LogP contribution >= 0.6 is 0 Å². The molecule has 1 aromatic carbocycles. The van der Waals surface area contributed by atoms with Gasteiger partial charge in [0.1, 0.15) is 11.8 Å². The Bertz CT molecular complexity index is 409. The molecule has 0 heterocycles. The van der Waals surface area contributed by atoms with Crippen LogP contribution in [0.5, 0.6) is 5.75 Å². The molecule has 2 N–H and O–H groups in total. The summed E-state index contributed by atoms with van der Waals surface area (Å²) in [7, 11) is 1.58. The summed E-state index contributed by atoms with van der Waals surface area (Å²) in [6.07, 6.45) is 2.12. The van der Waals surface area contributed by atoms with Crippen LogP contribution in [0.3, 0.4) is 0 Å². The molecular formula is C12H14N2O. The van der Waals surface area contributed by atoms with E-state index in [0.717, 1.165) is 18.4 Å². The molecule has 15 heavy (non-hydrogen) atoms. The minimum absolute atomic E-state index is 0.198. The van der Waals surface area contributed by atoms with Crippen molar-refractivity contribution in [3.8, 4) is 11.8 Å². The predicted molar refractivity (Wildman–Crippen MR) is 57.7 cm³/mol. The maximum absolute atomic E-state index is 9.11. The van der Waals surface area contributed by atoms with Crippen molar-refractivity contribution in [2.75, 3.05) is 7.11 Å². The van der Waals surface area contributed by atoms with Gasteiger partial charge in [-0.15, -0.1) is 0 Å². The van der Waals surface area contributed by atoms with E-state index in [1.807, 2.05) is 18.2 Å². The van der Waals surface area contributed by atoms with Crippen LogP contribution in [0.2, 0.25) is 0 Å². The lowest BCUT2D eigenvalue weighted by Gasteiger charge is -2.34. The molecule has 1 fully saturated rings. The van der Waals surface area contributed by atoms with Gasteiger partial charge in [0.25, 0.3) is 0 Å². The van der Waals surface area contributed by atoms with E-state index in [9.17, 15) is 0 Å². The largest absolute Gasteiger partial charge is 0.495 e. The number of methoxy groups -OCH3 is 1. The number of rotatable bonds is 2. The molecule has 2 unspecified atom stereocenters. The fourth-order valence-electron chi connectivity index (χ4n) is 2.06. The van der Waals surface area contributed by atoms with Crippen molar-refractivity contribution in [1.29, 1.82) is 5.26 Å². The van der Waals surface area contributed by atoms with Gasteiger partial charge in [-0.25, -0.2) is 0 Å². The normalized spacial score (nSPS) is 24.1. The van der Waals surface area contributed by atoms with Gasteiger partial charge in [0, 0.05) is 12.0 Å². The van der Waals surface area contributed by atoms with Gasteiger partial charge in [-0.3, -0.25) is 0 Å². The highest BCUT2D eigenvalue weighted by Crippen LogP contribution is 2.39. The monoisotopic (exact) mass is 202 g/mol. The second-order valence-electron chi connectivity index (χ2n) is 3.88. The number of nitrogens with two attached hydrogens (primary N) is 1. The van der Waals surface area contributed by atoms with Crippen LogP contribution in [0, 0.1) is 11.3 Å². The van der Waals surface area contributed by atoms with E-state index in [1.165, 1.54) is 0 Å². The third-order valence-corrected chi connectivity index (χ3v) is 3.12. The summed E-state index contributed by atoms with van der Waals surface area (Å²) < 4.78 is 5.17. The van der Waals surface area contributed by atoms with Crippen molar-refractivity contribution in [3.63, 3.8) is 0 Å². The van der Waals surface area contributed by atoms with Crippen LogP contribution in [0.25, 0.3) is 0 Å². The zero-order valence-electron chi connectivity index (χ0n) is 8.73. The predicted octanol–water partition coefficient (Wildman–Crippen LogP) is 1.77. The van der Waals surface area contributed by atoms with Crippen LogP contribution in [0.4, 0.5) is 0 Å². The third-order valence-electron chi connectivity index (χ3n) is 3.12. The van der Waals surface area contributed by atoms with Crippen LogP contribution in [0.15, 0.2) is 18.2 Å². The van der Waals surface area contributed by atoms with Gasteiger partial charge in [0.05, 0.1) is 12.7 Å². The highest BCUT2D eigenvalue weighted by atomic mass is 16.5. The molecule has 1 saturated carbocycles. The quantitative estimate of drug-likeness (QED) is 0.795. The maximum atomic E-state index is 9.11. The first-order valence-corrected chi connectivity index (χ1v) is 5.10. The number of hydrogen-bond acceptors (Lipinski definition) is 3.